The molecule has 0 saturated heterocycles. The molecule has 0 atom stereocenters. The molecule has 1 aliphatic rings. The lowest BCUT2D eigenvalue weighted by molar-refractivity contribution is 0.0899. The molecule has 0 spiro atoms. The van der Waals surface area contributed by atoms with Crippen molar-refractivity contribution in [2.75, 3.05) is 7.05 Å². The van der Waals surface area contributed by atoms with Crippen LogP contribution in [0.3, 0.4) is 0 Å². The van der Waals surface area contributed by atoms with Gasteiger partial charge in [0.25, 0.3) is 0 Å². The summed E-state index contributed by atoms with van der Waals surface area (Å²) >= 11 is 3.15. The Morgan fingerprint density at radius 3 is 2.84 bits per heavy atom. The first-order valence-corrected chi connectivity index (χ1v) is 9.12. The maximum absolute atomic E-state index is 13.8. The van der Waals surface area contributed by atoms with Crippen LogP contribution in [0.4, 0.5) is 9.18 Å². The van der Waals surface area contributed by atoms with E-state index in [0.29, 0.717) is 10.0 Å². The second kappa shape index (κ2) is 7.56. The van der Waals surface area contributed by atoms with Gasteiger partial charge in [-0.05, 0) is 46.5 Å². The van der Waals surface area contributed by atoms with Crippen molar-refractivity contribution in [3.05, 3.63) is 40.4 Å². The lowest BCUT2D eigenvalue weighted by Gasteiger charge is -2.23. The first kappa shape index (κ1) is 17.9. The highest BCUT2D eigenvalue weighted by Gasteiger charge is 2.25. The van der Waals surface area contributed by atoms with Gasteiger partial charge < -0.3 is 9.64 Å². The Kier molecular flexibility index (Phi) is 5.42. The Labute approximate surface area is 154 Å². The molecule has 1 aromatic heterocycles. The SMILES string of the molecule is CN(C(=O)OCc1c(-c2ccc(Br)c(F)c2)cnn1C)C1CCCC1. The molecule has 25 heavy (non-hydrogen) atoms. The number of carbonyl (C=O) groups excluding carboxylic acids is 1. The van der Waals surface area contributed by atoms with Crippen molar-refractivity contribution in [1.29, 1.82) is 0 Å². The molecule has 5 nitrogen and oxygen atoms in total. The van der Waals surface area contributed by atoms with Gasteiger partial charge in [0.05, 0.1) is 16.4 Å². The number of aryl methyl sites for hydroxylation is 1. The second-order valence-electron chi connectivity index (χ2n) is 6.36. The van der Waals surface area contributed by atoms with E-state index in [2.05, 4.69) is 21.0 Å². The first-order chi connectivity index (χ1) is 12.0. The molecular formula is C18H21BrFN3O2. The number of carbonyl (C=O) groups is 1. The van der Waals surface area contributed by atoms with Crippen molar-refractivity contribution in [2.24, 2.45) is 7.05 Å². The van der Waals surface area contributed by atoms with E-state index in [1.54, 1.807) is 42.0 Å². The summed E-state index contributed by atoms with van der Waals surface area (Å²) in [6.07, 6.45) is 5.70. The zero-order valence-electron chi connectivity index (χ0n) is 14.3. The predicted molar refractivity (Wildman–Crippen MR) is 96.5 cm³/mol. The number of nitrogens with zero attached hydrogens (tertiary/aromatic N) is 3. The largest absolute Gasteiger partial charge is 0.443 e. The van der Waals surface area contributed by atoms with Gasteiger partial charge >= 0.3 is 6.09 Å². The van der Waals surface area contributed by atoms with E-state index >= 15 is 0 Å². The molecule has 134 valence electrons. The number of hydrogen-bond donors (Lipinski definition) is 0. The van der Waals surface area contributed by atoms with Crippen LogP contribution in [0.2, 0.25) is 0 Å². The topological polar surface area (TPSA) is 47.4 Å². The monoisotopic (exact) mass is 409 g/mol. The fourth-order valence-corrected chi connectivity index (χ4v) is 3.46. The smallest absolute Gasteiger partial charge is 0.410 e. The van der Waals surface area contributed by atoms with Crippen molar-refractivity contribution in [3.63, 3.8) is 0 Å². The van der Waals surface area contributed by atoms with Crippen LogP contribution >= 0.6 is 15.9 Å². The van der Waals surface area contributed by atoms with Crippen LogP contribution in [0.15, 0.2) is 28.9 Å². The highest BCUT2D eigenvalue weighted by molar-refractivity contribution is 9.10. The van der Waals surface area contributed by atoms with Gasteiger partial charge in [-0.25, -0.2) is 9.18 Å². The molecule has 0 aliphatic heterocycles. The van der Waals surface area contributed by atoms with Crippen molar-refractivity contribution in [3.8, 4) is 11.1 Å². The normalized spacial score (nSPS) is 14.7. The van der Waals surface area contributed by atoms with Gasteiger partial charge in [-0.15, -0.1) is 0 Å². The zero-order valence-corrected chi connectivity index (χ0v) is 15.9. The predicted octanol–water partition coefficient (Wildman–Crippen LogP) is 4.50. The van der Waals surface area contributed by atoms with Crippen molar-refractivity contribution in [1.82, 2.24) is 14.7 Å². The maximum Gasteiger partial charge on any atom is 0.410 e. The molecule has 0 N–H and O–H groups in total. The Morgan fingerprint density at radius 1 is 1.44 bits per heavy atom. The summed E-state index contributed by atoms with van der Waals surface area (Å²) in [5.41, 5.74) is 2.18. The summed E-state index contributed by atoms with van der Waals surface area (Å²) in [5, 5.41) is 4.22. The number of halogens is 2. The zero-order chi connectivity index (χ0) is 18.0. The molecule has 1 aliphatic carbocycles. The lowest BCUT2D eigenvalue weighted by Crippen LogP contribution is -2.35. The molecule has 1 saturated carbocycles. The Bertz CT molecular complexity index is 772. The molecule has 0 bridgehead atoms. The summed E-state index contributed by atoms with van der Waals surface area (Å²) < 4.78 is 21.4. The number of aromatic nitrogens is 2. The van der Waals surface area contributed by atoms with Gasteiger partial charge in [0.15, 0.2) is 0 Å². The van der Waals surface area contributed by atoms with Crippen LogP contribution in [0.25, 0.3) is 11.1 Å². The molecule has 1 aromatic carbocycles. The van der Waals surface area contributed by atoms with E-state index in [1.807, 2.05) is 0 Å². The van der Waals surface area contributed by atoms with Gasteiger partial charge in [-0.1, -0.05) is 18.9 Å². The average molecular weight is 410 g/mol. The number of benzene rings is 1. The van der Waals surface area contributed by atoms with Gasteiger partial charge in [-0.3, -0.25) is 4.68 Å². The van der Waals surface area contributed by atoms with E-state index in [4.69, 9.17) is 4.74 Å². The fraction of sp³-hybridized carbons (Fsp3) is 0.444. The number of amides is 1. The van der Waals surface area contributed by atoms with Crippen LogP contribution in [-0.2, 0) is 18.4 Å². The maximum atomic E-state index is 13.8. The molecule has 0 radical (unpaired) electrons. The molecule has 3 rings (SSSR count). The Morgan fingerprint density at radius 2 is 2.16 bits per heavy atom. The molecule has 2 aromatic rings. The molecule has 1 heterocycles. The van der Waals surface area contributed by atoms with Gasteiger partial charge in [0.1, 0.15) is 12.4 Å². The van der Waals surface area contributed by atoms with Gasteiger partial charge in [0, 0.05) is 25.7 Å². The Hall–Kier alpha value is -1.89. The second-order valence-corrected chi connectivity index (χ2v) is 7.22. The standard InChI is InChI=1S/C18H21BrFN3O2/c1-22(13-5-3-4-6-13)18(24)25-11-17-14(10-21-23(17)2)12-7-8-15(19)16(20)9-12/h7-10,13H,3-6,11H2,1-2H3. The van der Waals surface area contributed by atoms with E-state index in [0.717, 1.165) is 36.9 Å². The molecule has 1 amide bonds. The van der Waals surface area contributed by atoms with Crippen LogP contribution < -0.4 is 0 Å². The summed E-state index contributed by atoms with van der Waals surface area (Å²) in [4.78, 5) is 14.0. The lowest BCUT2D eigenvalue weighted by atomic mass is 10.1. The molecule has 7 heteroatoms. The van der Waals surface area contributed by atoms with Crippen molar-refractivity contribution >= 4 is 22.0 Å². The summed E-state index contributed by atoms with van der Waals surface area (Å²) in [6, 6.07) is 5.16. The average Bonchev–Trinajstić information content (AvgIpc) is 3.24. The van der Waals surface area contributed by atoms with E-state index in [-0.39, 0.29) is 24.6 Å². The minimum absolute atomic E-state index is 0.0966. The molecule has 1 fully saturated rings. The number of hydrogen-bond acceptors (Lipinski definition) is 3. The highest BCUT2D eigenvalue weighted by atomic mass is 79.9. The summed E-state index contributed by atoms with van der Waals surface area (Å²) in [5.74, 6) is -0.342. The quantitative estimate of drug-likeness (QED) is 0.746. The van der Waals surface area contributed by atoms with Crippen LogP contribution in [-0.4, -0.2) is 33.9 Å². The van der Waals surface area contributed by atoms with E-state index in [1.165, 1.54) is 6.07 Å². The van der Waals surface area contributed by atoms with E-state index in [9.17, 15) is 9.18 Å². The summed E-state index contributed by atoms with van der Waals surface area (Å²) in [6.45, 7) is 0.0966. The third-order valence-electron chi connectivity index (χ3n) is 4.78. The number of rotatable bonds is 4. The highest BCUT2D eigenvalue weighted by Crippen LogP contribution is 2.28. The van der Waals surface area contributed by atoms with Crippen molar-refractivity contribution in [2.45, 2.75) is 38.3 Å². The van der Waals surface area contributed by atoms with Crippen molar-refractivity contribution < 1.29 is 13.9 Å². The van der Waals surface area contributed by atoms with Crippen LogP contribution in [0.5, 0.6) is 0 Å². The van der Waals surface area contributed by atoms with Gasteiger partial charge in [0.2, 0.25) is 0 Å². The van der Waals surface area contributed by atoms with Crippen LogP contribution in [0.1, 0.15) is 31.4 Å². The Balaban J connectivity index is 1.73. The minimum Gasteiger partial charge on any atom is -0.443 e. The third kappa shape index (κ3) is 3.86. The van der Waals surface area contributed by atoms with Gasteiger partial charge in [-0.2, -0.15) is 5.10 Å². The van der Waals surface area contributed by atoms with E-state index < -0.39 is 0 Å². The fourth-order valence-electron chi connectivity index (χ4n) is 3.21. The summed E-state index contributed by atoms with van der Waals surface area (Å²) in [7, 11) is 3.56. The molecule has 0 unspecified atom stereocenters. The third-order valence-corrected chi connectivity index (χ3v) is 5.43. The first-order valence-electron chi connectivity index (χ1n) is 8.33. The number of ether oxygens (including phenoxy) is 1. The molecular weight excluding hydrogens is 389 g/mol. The minimum atomic E-state index is -0.342. The van der Waals surface area contributed by atoms with Crippen LogP contribution in [0, 0.1) is 5.82 Å².